The minimum Gasteiger partial charge on any atom is -0.390 e. The summed E-state index contributed by atoms with van der Waals surface area (Å²) in [7, 11) is 1.69. The highest BCUT2D eigenvalue weighted by Crippen LogP contribution is 2.18. The number of hydrogen-bond acceptors (Lipinski definition) is 4. The van der Waals surface area contributed by atoms with Gasteiger partial charge in [0.2, 0.25) is 11.0 Å². The van der Waals surface area contributed by atoms with E-state index in [4.69, 9.17) is 9.72 Å². The van der Waals surface area contributed by atoms with Crippen LogP contribution in [0.1, 0.15) is 0 Å². The number of ether oxygens (including phenoxy) is 1. The fourth-order valence-electron chi connectivity index (χ4n) is 2.63. The van der Waals surface area contributed by atoms with Crippen molar-refractivity contribution in [3.8, 4) is 0 Å². The smallest absolute Gasteiger partial charge is 0.233 e. The first-order valence-electron chi connectivity index (χ1n) is 7.39. The summed E-state index contributed by atoms with van der Waals surface area (Å²) in [6, 6.07) is 14.1. The van der Waals surface area contributed by atoms with E-state index in [2.05, 4.69) is 16.0 Å². The first-order chi connectivity index (χ1) is 10.8. The van der Waals surface area contributed by atoms with Crippen LogP contribution in [0.5, 0.6) is 0 Å². The molecule has 3 aromatic rings. The Bertz CT molecular complexity index is 789. The van der Waals surface area contributed by atoms with Crippen LogP contribution >= 0.6 is 0 Å². The lowest BCUT2D eigenvalue weighted by Gasteiger charge is -2.08. The second kappa shape index (κ2) is 6.68. The Morgan fingerprint density at radius 2 is 1.95 bits per heavy atom. The Hall–Kier alpha value is -2.24. The lowest BCUT2D eigenvalue weighted by Crippen LogP contribution is -2.37. The van der Waals surface area contributed by atoms with Crippen LogP contribution in [-0.2, 0) is 11.3 Å². The fraction of sp³-hybridized carbons (Fsp3) is 0.294. The molecule has 5 nitrogen and oxygen atoms in total. The van der Waals surface area contributed by atoms with Gasteiger partial charge in [0.05, 0.1) is 6.61 Å². The van der Waals surface area contributed by atoms with Crippen molar-refractivity contribution in [1.29, 1.82) is 0 Å². The molecule has 0 atom stereocenters. The number of benzene rings is 2. The lowest BCUT2D eigenvalue weighted by molar-refractivity contribution is -0.647. The summed E-state index contributed by atoms with van der Waals surface area (Å²) < 4.78 is 7.17. The number of aliphatic hydroxyl groups excluding tert-OH is 1. The molecule has 2 aromatic carbocycles. The molecule has 1 heterocycles. The van der Waals surface area contributed by atoms with E-state index in [0.29, 0.717) is 13.2 Å². The van der Waals surface area contributed by atoms with Crippen LogP contribution in [0.25, 0.3) is 22.1 Å². The Kier molecular flexibility index (Phi) is 4.46. The van der Waals surface area contributed by atoms with Gasteiger partial charge in [0.25, 0.3) is 0 Å². The molecule has 114 valence electrons. The number of nitrogens with zero attached hydrogens (tertiary/aromatic N) is 2. The number of fused-ring (bicyclic) bond motifs is 2. The van der Waals surface area contributed by atoms with E-state index in [9.17, 15) is 5.11 Å². The monoisotopic (exact) mass is 298 g/mol. The quantitative estimate of drug-likeness (QED) is 0.413. The number of aliphatic hydroxyl groups is 1. The summed E-state index contributed by atoms with van der Waals surface area (Å²) in [5.74, 6) is 0. The molecule has 0 fully saturated rings. The van der Waals surface area contributed by atoms with Gasteiger partial charge in [-0.05, 0) is 18.2 Å². The van der Waals surface area contributed by atoms with Gasteiger partial charge in [-0.1, -0.05) is 12.1 Å². The third kappa shape index (κ3) is 2.86. The average Bonchev–Trinajstić information content (AvgIpc) is 2.55. The van der Waals surface area contributed by atoms with Gasteiger partial charge in [-0.2, -0.15) is 4.57 Å². The molecule has 22 heavy (non-hydrogen) atoms. The van der Waals surface area contributed by atoms with Gasteiger partial charge in [0, 0.05) is 31.5 Å². The zero-order valence-corrected chi connectivity index (χ0v) is 12.6. The SMILES string of the molecule is COCCNc1ccc2nc3ccccc3[n+](CCO)c2c1. The summed E-state index contributed by atoms with van der Waals surface area (Å²) in [6.45, 7) is 2.05. The Balaban J connectivity index is 2.12. The second-order valence-electron chi connectivity index (χ2n) is 5.10. The van der Waals surface area contributed by atoms with Crippen molar-refractivity contribution in [2.24, 2.45) is 0 Å². The number of para-hydroxylation sites is 2. The molecule has 0 aliphatic carbocycles. The van der Waals surface area contributed by atoms with Crippen LogP contribution in [0.3, 0.4) is 0 Å². The first kappa shape index (κ1) is 14.7. The van der Waals surface area contributed by atoms with Gasteiger partial charge in [0.1, 0.15) is 17.6 Å². The van der Waals surface area contributed by atoms with Gasteiger partial charge in [-0.15, -0.1) is 0 Å². The molecule has 0 saturated carbocycles. The van der Waals surface area contributed by atoms with Gasteiger partial charge in [0.15, 0.2) is 6.54 Å². The molecular weight excluding hydrogens is 278 g/mol. The molecule has 5 heteroatoms. The minimum absolute atomic E-state index is 0.0924. The number of aromatic nitrogens is 2. The maximum absolute atomic E-state index is 9.41. The minimum atomic E-state index is 0.0924. The molecule has 0 unspecified atom stereocenters. The standard InChI is InChI=1S/C17H19N3O2/c1-22-11-8-18-13-6-7-15-17(12-13)20(9-10-21)16-5-3-2-4-14(16)19-15/h2-7,12,21H,8-11H2,1H3/p+1. The van der Waals surface area contributed by atoms with Gasteiger partial charge < -0.3 is 15.2 Å². The van der Waals surface area contributed by atoms with Crippen LogP contribution in [0, 0.1) is 0 Å². The highest BCUT2D eigenvalue weighted by Gasteiger charge is 2.16. The van der Waals surface area contributed by atoms with Crippen molar-refractivity contribution in [2.75, 3.05) is 32.2 Å². The summed E-state index contributed by atoms with van der Waals surface area (Å²) in [4.78, 5) is 4.70. The van der Waals surface area contributed by atoms with E-state index in [-0.39, 0.29) is 6.61 Å². The van der Waals surface area contributed by atoms with Crippen LogP contribution in [0.4, 0.5) is 5.69 Å². The predicted molar refractivity (Wildman–Crippen MR) is 86.9 cm³/mol. The zero-order valence-electron chi connectivity index (χ0n) is 12.6. The first-order valence-corrected chi connectivity index (χ1v) is 7.39. The number of anilines is 1. The number of methoxy groups -OCH3 is 1. The molecule has 0 aliphatic heterocycles. The molecular formula is C17H20N3O2+. The molecule has 0 radical (unpaired) electrons. The van der Waals surface area contributed by atoms with Crippen molar-refractivity contribution in [1.82, 2.24) is 4.98 Å². The van der Waals surface area contributed by atoms with Crippen molar-refractivity contribution in [3.63, 3.8) is 0 Å². The van der Waals surface area contributed by atoms with Crippen LogP contribution in [0.15, 0.2) is 42.5 Å². The fourth-order valence-corrected chi connectivity index (χ4v) is 2.63. The summed E-state index contributed by atoms with van der Waals surface area (Å²) in [5.41, 5.74) is 4.91. The predicted octanol–water partition coefficient (Wildman–Crippen LogP) is 1.73. The molecule has 0 spiro atoms. The Labute approximate surface area is 129 Å². The maximum atomic E-state index is 9.41. The molecule has 0 bridgehead atoms. The van der Waals surface area contributed by atoms with Gasteiger partial charge in [-0.25, -0.2) is 4.98 Å². The van der Waals surface area contributed by atoms with Crippen molar-refractivity contribution in [3.05, 3.63) is 42.5 Å². The third-order valence-corrected chi connectivity index (χ3v) is 3.64. The van der Waals surface area contributed by atoms with Crippen molar-refractivity contribution >= 4 is 27.8 Å². The number of hydrogen-bond donors (Lipinski definition) is 2. The van der Waals surface area contributed by atoms with E-state index in [1.165, 1.54) is 0 Å². The third-order valence-electron chi connectivity index (χ3n) is 3.64. The molecule has 0 aliphatic rings. The number of nitrogens with one attached hydrogen (secondary N) is 1. The topological polar surface area (TPSA) is 58.3 Å². The van der Waals surface area contributed by atoms with E-state index < -0.39 is 0 Å². The largest absolute Gasteiger partial charge is 0.390 e. The van der Waals surface area contributed by atoms with E-state index >= 15 is 0 Å². The van der Waals surface area contributed by atoms with Crippen molar-refractivity contribution < 1.29 is 14.4 Å². The van der Waals surface area contributed by atoms with Gasteiger partial charge in [-0.3, -0.25) is 0 Å². The Morgan fingerprint density at radius 3 is 2.77 bits per heavy atom. The van der Waals surface area contributed by atoms with Crippen LogP contribution in [-0.4, -0.2) is 37.0 Å². The summed E-state index contributed by atoms with van der Waals surface area (Å²) in [6.07, 6.45) is 0. The Morgan fingerprint density at radius 1 is 1.14 bits per heavy atom. The molecule has 2 N–H and O–H groups in total. The van der Waals surface area contributed by atoms with Crippen LogP contribution < -0.4 is 9.88 Å². The highest BCUT2D eigenvalue weighted by atomic mass is 16.5. The lowest BCUT2D eigenvalue weighted by atomic mass is 10.2. The van der Waals surface area contributed by atoms with E-state index in [1.807, 2.05) is 36.4 Å². The summed E-state index contributed by atoms with van der Waals surface area (Å²) >= 11 is 0. The van der Waals surface area contributed by atoms with Gasteiger partial charge >= 0.3 is 0 Å². The zero-order chi connectivity index (χ0) is 15.4. The second-order valence-corrected chi connectivity index (χ2v) is 5.10. The maximum Gasteiger partial charge on any atom is 0.233 e. The van der Waals surface area contributed by atoms with Crippen molar-refractivity contribution in [2.45, 2.75) is 6.54 Å². The van der Waals surface area contributed by atoms with E-state index in [1.54, 1.807) is 7.11 Å². The summed E-state index contributed by atoms with van der Waals surface area (Å²) in [5, 5.41) is 12.7. The van der Waals surface area contributed by atoms with E-state index in [0.717, 1.165) is 34.3 Å². The normalized spacial score (nSPS) is 11.2. The van der Waals surface area contributed by atoms with Crippen LogP contribution in [0.2, 0.25) is 0 Å². The number of rotatable bonds is 6. The average molecular weight is 298 g/mol. The molecule has 1 aromatic heterocycles. The molecule has 3 rings (SSSR count). The molecule has 0 amide bonds. The highest BCUT2D eigenvalue weighted by molar-refractivity contribution is 5.83. The molecule has 0 saturated heterocycles.